The van der Waals surface area contributed by atoms with E-state index in [1.165, 1.54) is 28.9 Å². The molecule has 288 valence electrons. The van der Waals surface area contributed by atoms with Crippen molar-refractivity contribution >= 4 is 40.8 Å². The normalized spacial score (nSPS) is 37.7. The van der Waals surface area contributed by atoms with Gasteiger partial charge in [0.15, 0.2) is 0 Å². The van der Waals surface area contributed by atoms with Crippen molar-refractivity contribution in [2.24, 2.45) is 51.2 Å². The molecule has 54 heavy (non-hydrogen) atoms. The summed E-state index contributed by atoms with van der Waals surface area (Å²) in [7, 11) is 0. The first-order valence-corrected chi connectivity index (χ1v) is 20.6. The quantitative estimate of drug-likeness (QED) is 0.286. The number of hydrogen-bond acceptors (Lipinski definition) is 4. The lowest BCUT2D eigenvalue weighted by atomic mass is 9.33. The fraction of sp³-hybridized carbons (Fsp3) is 0.587. The van der Waals surface area contributed by atoms with Crippen LogP contribution in [0.5, 0.6) is 0 Å². The van der Waals surface area contributed by atoms with Crippen LogP contribution in [-0.2, 0) is 16.1 Å². The Morgan fingerprint density at radius 2 is 1.69 bits per heavy atom. The van der Waals surface area contributed by atoms with Crippen LogP contribution in [0.2, 0.25) is 5.02 Å². The Balaban J connectivity index is 1.08. The zero-order valence-corrected chi connectivity index (χ0v) is 33.7. The largest absolute Gasteiger partial charge is 0.478 e. The summed E-state index contributed by atoms with van der Waals surface area (Å²) in [4.78, 5) is 40.2. The van der Waals surface area contributed by atoms with Crippen LogP contribution < -0.4 is 10.2 Å². The van der Waals surface area contributed by atoms with Gasteiger partial charge in [-0.25, -0.2) is 9.59 Å². The molecule has 0 saturated heterocycles. The number of halogens is 1. The fourth-order valence-corrected chi connectivity index (χ4v) is 14.3. The number of benzene rings is 2. The van der Waals surface area contributed by atoms with Crippen LogP contribution in [0.15, 0.2) is 60.7 Å². The molecule has 0 unspecified atom stereocenters. The molecule has 2 amide bonds. The Bertz CT molecular complexity index is 1950. The molecule has 7 nitrogen and oxygen atoms in total. The van der Waals surface area contributed by atoms with E-state index in [9.17, 15) is 19.5 Å². The highest BCUT2D eigenvalue weighted by atomic mass is 35.5. The highest BCUT2D eigenvalue weighted by Gasteiger charge is 2.70. The smallest absolute Gasteiger partial charge is 0.415 e. The van der Waals surface area contributed by atoms with E-state index in [1.807, 2.05) is 18.2 Å². The summed E-state index contributed by atoms with van der Waals surface area (Å²) in [5, 5.41) is 13.6. The summed E-state index contributed by atoms with van der Waals surface area (Å²) >= 11 is 6.34. The number of carboxylic acids is 1. The van der Waals surface area contributed by atoms with Crippen molar-refractivity contribution in [1.82, 2.24) is 5.32 Å². The molecule has 1 aliphatic heterocycles. The van der Waals surface area contributed by atoms with Crippen LogP contribution in [0, 0.1) is 51.2 Å². The molecular formula is C46H57ClN2O5. The molecule has 0 bridgehead atoms. The van der Waals surface area contributed by atoms with Crippen LogP contribution in [0.4, 0.5) is 10.5 Å². The average Bonchev–Trinajstić information content (AvgIpc) is 3.49. The topological polar surface area (TPSA) is 95.9 Å². The van der Waals surface area contributed by atoms with Crippen molar-refractivity contribution in [1.29, 1.82) is 0 Å². The summed E-state index contributed by atoms with van der Waals surface area (Å²) in [6.07, 6.45) is 11.6. The fourth-order valence-electron chi connectivity index (χ4n) is 14.1. The zero-order chi connectivity index (χ0) is 38.6. The summed E-state index contributed by atoms with van der Waals surface area (Å²) in [6.45, 7) is 19.5. The monoisotopic (exact) mass is 752 g/mol. The molecule has 6 aliphatic rings. The predicted molar refractivity (Wildman–Crippen MR) is 213 cm³/mol. The third kappa shape index (κ3) is 5.37. The van der Waals surface area contributed by atoms with Gasteiger partial charge in [-0.3, -0.25) is 9.69 Å². The third-order valence-corrected chi connectivity index (χ3v) is 16.9. The first kappa shape index (κ1) is 37.3. The van der Waals surface area contributed by atoms with Crippen molar-refractivity contribution < 1.29 is 24.2 Å². The Labute approximate surface area is 325 Å². The first-order valence-electron chi connectivity index (χ1n) is 20.2. The van der Waals surface area contributed by atoms with Gasteiger partial charge in [0.1, 0.15) is 13.2 Å². The maximum atomic E-state index is 14.2. The van der Waals surface area contributed by atoms with E-state index in [1.54, 1.807) is 24.3 Å². The van der Waals surface area contributed by atoms with E-state index in [-0.39, 0.29) is 46.3 Å². The van der Waals surface area contributed by atoms with E-state index < -0.39 is 12.1 Å². The zero-order valence-electron chi connectivity index (χ0n) is 32.9. The van der Waals surface area contributed by atoms with Crippen molar-refractivity contribution in [3.05, 3.63) is 82.4 Å². The number of carbonyl (C=O) groups is 3. The van der Waals surface area contributed by atoms with Crippen LogP contribution in [-0.4, -0.2) is 35.2 Å². The molecule has 1 heterocycles. The maximum absolute atomic E-state index is 14.2. The van der Waals surface area contributed by atoms with Gasteiger partial charge in [-0.15, -0.1) is 0 Å². The van der Waals surface area contributed by atoms with E-state index in [2.05, 4.69) is 59.5 Å². The van der Waals surface area contributed by atoms with Gasteiger partial charge in [0.05, 0.1) is 11.3 Å². The van der Waals surface area contributed by atoms with Gasteiger partial charge in [0.2, 0.25) is 5.91 Å². The second kappa shape index (κ2) is 12.7. The molecule has 2 N–H and O–H groups in total. The Morgan fingerprint density at radius 1 is 0.944 bits per heavy atom. The number of allylic oxidation sites excluding steroid dienone is 3. The minimum absolute atomic E-state index is 0.0497. The second-order valence-electron chi connectivity index (χ2n) is 19.2. The third-order valence-electron chi connectivity index (χ3n) is 16.7. The average molecular weight is 753 g/mol. The summed E-state index contributed by atoms with van der Waals surface area (Å²) in [5.74, 6) is 1.13. The van der Waals surface area contributed by atoms with Crippen LogP contribution in [0.3, 0.4) is 0 Å². The van der Waals surface area contributed by atoms with E-state index in [4.69, 9.17) is 16.3 Å². The number of fused-ring (bicyclic) bond motifs is 8. The number of aromatic carboxylic acids is 1. The van der Waals surface area contributed by atoms with Crippen molar-refractivity contribution in [2.75, 3.05) is 11.4 Å². The summed E-state index contributed by atoms with van der Waals surface area (Å²) < 4.78 is 5.45. The van der Waals surface area contributed by atoms with Crippen LogP contribution in [0.1, 0.15) is 121 Å². The Morgan fingerprint density at radius 3 is 2.39 bits per heavy atom. The van der Waals surface area contributed by atoms with Crippen molar-refractivity contribution in [3.8, 4) is 0 Å². The lowest BCUT2D eigenvalue weighted by molar-refractivity contribution is -0.219. The number of hydrogen-bond donors (Lipinski definition) is 2. The van der Waals surface area contributed by atoms with Gasteiger partial charge in [0.25, 0.3) is 0 Å². The molecule has 2 aromatic rings. The number of amides is 2. The first-order chi connectivity index (χ1) is 25.4. The molecule has 5 aliphatic carbocycles. The molecule has 4 saturated carbocycles. The minimum Gasteiger partial charge on any atom is -0.478 e. The number of anilines is 1. The molecule has 0 radical (unpaired) electrons. The number of rotatable bonds is 6. The molecule has 0 aromatic heterocycles. The number of carbonyl (C=O) groups excluding carboxylic acids is 2. The minimum atomic E-state index is -0.892. The highest BCUT2D eigenvalue weighted by molar-refractivity contribution is 6.31. The molecule has 0 spiro atoms. The molecule has 8 heteroatoms. The van der Waals surface area contributed by atoms with Gasteiger partial charge >= 0.3 is 12.1 Å². The number of cyclic esters (lactones) is 1. The molecule has 2 aromatic carbocycles. The lowest BCUT2D eigenvalue weighted by Crippen LogP contribution is -2.68. The summed E-state index contributed by atoms with van der Waals surface area (Å²) in [6, 6.07) is 12.9. The molecular weight excluding hydrogens is 696 g/mol. The second-order valence-corrected chi connectivity index (χ2v) is 19.7. The number of ether oxygens (including phenoxy) is 1. The van der Waals surface area contributed by atoms with E-state index in [0.717, 1.165) is 56.1 Å². The number of nitrogens with one attached hydrogen (secondary N) is 1. The number of nitrogens with zero attached hydrogens (tertiary/aromatic N) is 1. The van der Waals surface area contributed by atoms with Gasteiger partial charge in [0, 0.05) is 16.1 Å². The molecule has 8 rings (SSSR count). The highest BCUT2D eigenvalue weighted by Crippen LogP contribution is 2.76. The van der Waals surface area contributed by atoms with Gasteiger partial charge < -0.3 is 15.2 Å². The van der Waals surface area contributed by atoms with Crippen LogP contribution >= 0.6 is 11.6 Å². The number of carboxylic acid groups (broad SMARTS) is 1. The van der Waals surface area contributed by atoms with Gasteiger partial charge in [-0.2, -0.15) is 0 Å². The van der Waals surface area contributed by atoms with Gasteiger partial charge in [-0.1, -0.05) is 82.6 Å². The van der Waals surface area contributed by atoms with E-state index >= 15 is 0 Å². The van der Waals surface area contributed by atoms with Crippen molar-refractivity contribution in [2.45, 2.75) is 111 Å². The SMILES string of the molecule is C=C(C)[C@@H]1CC[C@]2(NC(=O)CN3C(=O)OCc4ccc(Cl)cc43)CC[C@]3(C)[C@H](CC[C@@H]4[C@@]5(C)CC=C(c6ccc(C(=O)O)cc6)C(C)(C)[C@@H]5CC[C@]43C)[C@@H]12. The molecule has 9 atom stereocenters. The van der Waals surface area contributed by atoms with Gasteiger partial charge in [-0.05, 0) is 151 Å². The Hall–Kier alpha value is -3.58. The molecule has 4 fully saturated rings. The van der Waals surface area contributed by atoms with Crippen LogP contribution in [0.25, 0.3) is 5.57 Å². The predicted octanol–water partition coefficient (Wildman–Crippen LogP) is 10.7. The standard InChI is InChI=1S/C46H57ClN2O5/c1-27(2)32-16-21-46(48-38(50)25-49-35-24-31(47)13-12-30(35)26-54-41(49)53)23-22-44(6)34(39(32)46)14-15-37-43(5)19-17-33(28-8-10-29(11-9-28)40(51)52)42(3,4)36(43)18-20-45(37,44)7/h8-13,17,24,32,34,36-37,39H,1,14-16,18-23,25-26H2,2-7H3,(H,48,50)(H,51,52)/t32-,34+,36-,37+,39+,43-,44+,45+,46-/m0/s1. The van der Waals surface area contributed by atoms with E-state index in [0.29, 0.717) is 45.9 Å². The summed E-state index contributed by atoms with van der Waals surface area (Å²) in [5.41, 5.74) is 5.52. The lowest BCUT2D eigenvalue weighted by Gasteiger charge is -2.72. The maximum Gasteiger partial charge on any atom is 0.415 e. The Kier molecular flexibility index (Phi) is 8.80. The van der Waals surface area contributed by atoms with Crippen molar-refractivity contribution in [3.63, 3.8) is 0 Å².